The Hall–Kier alpha value is -1.73. The quantitative estimate of drug-likeness (QED) is 0.0361. The van der Waals surface area contributed by atoms with Crippen LogP contribution in [0, 0.1) is 0 Å². The van der Waals surface area contributed by atoms with Gasteiger partial charge in [-0.2, -0.15) is 0 Å². The summed E-state index contributed by atoms with van der Waals surface area (Å²) in [5.41, 5.74) is 0. The predicted octanol–water partition coefficient (Wildman–Crippen LogP) is 13.0. The number of carbonyl (C=O) groups is 3. The van der Waals surface area contributed by atoms with Crippen molar-refractivity contribution in [2.45, 2.75) is 213 Å². The summed E-state index contributed by atoms with van der Waals surface area (Å²) in [5, 5.41) is 0. The summed E-state index contributed by atoms with van der Waals surface area (Å²) < 4.78 is 16.2. The molecule has 0 aromatic rings. The van der Waals surface area contributed by atoms with Gasteiger partial charge < -0.3 is 0 Å². The minimum Gasteiger partial charge on any atom is -0.0654 e. The van der Waals surface area contributed by atoms with Gasteiger partial charge in [-0.3, -0.25) is 0 Å². The minimum absolute atomic E-state index is 0.626. The average molecular weight is 746 g/mol. The molecular formula is C42H75GaO6. The molecule has 0 atom stereocenters. The van der Waals surface area contributed by atoms with Gasteiger partial charge in [0.2, 0.25) is 0 Å². The first-order valence-corrected chi connectivity index (χ1v) is 23.6. The molecule has 0 N–H and O–H groups in total. The predicted molar refractivity (Wildman–Crippen MR) is 207 cm³/mol. The van der Waals surface area contributed by atoms with Crippen LogP contribution in [0.4, 0.5) is 0 Å². The molecule has 0 heterocycles. The van der Waals surface area contributed by atoms with E-state index in [1.165, 1.54) is 153 Å². The van der Waals surface area contributed by atoms with Gasteiger partial charge in [0.05, 0.1) is 0 Å². The van der Waals surface area contributed by atoms with Gasteiger partial charge in [-0.05, 0) is 0 Å². The maximum absolute atomic E-state index is 12.5. The number of rotatable bonds is 36. The van der Waals surface area contributed by atoms with Crippen molar-refractivity contribution in [2.75, 3.05) is 0 Å². The molecule has 0 radical (unpaired) electrons. The number of carbonyl (C=O) groups excluding carboxylic acids is 3. The van der Waals surface area contributed by atoms with Crippen molar-refractivity contribution in [1.82, 2.24) is 0 Å². The summed E-state index contributed by atoms with van der Waals surface area (Å²) in [5.74, 6) is -1.88. The molecule has 0 rings (SSSR count). The number of hydrogen-bond acceptors (Lipinski definition) is 6. The molecule has 6 nitrogen and oxygen atoms in total. The van der Waals surface area contributed by atoms with Crippen molar-refractivity contribution < 1.29 is 25.0 Å². The zero-order chi connectivity index (χ0) is 35.9. The van der Waals surface area contributed by atoms with Crippen LogP contribution in [0.3, 0.4) is 0 Å². The van der Waals surface area contributed by atoms with Crippen LogP contribution in [0.2, 0.25) is 0 Å². The molecule has 282 valence electrons. The first-order chi connectivity index (χ1) is 24.0. The van der Waals surface area contributed by atoms with E-state index in [1.54, 1.807) is 18.2 Å². The van der Waals surface area contributed by atoms with Crippen molar-refractivity contribution in [2.24, 2.45) is 0 Å². The number of allylic oxidation sites excluding steroid dienone is 3. The molecule has 0 aromatic heterocycles. The van der Waals surface area contributed by atoms with Crippen molar-refractivity contribution in [3.8, 4) is 0 Å². The molecule has 0 fully saturated rings. The fourth-order valence-corrected chi connectivity index (χ4v) is 7.72. The van der Waals surface area contributed by atoms with E-state index in [4.69, 9.17) is 10.6 Å². The van der Waals surface area contributed by atoms with E-state index < -0.39 is 35.2 Å². The SMILES string of the molecule is CCCCCCCCCCCC=CC(=O)[O][Ga]([O]C(=O)C=CCCCCCCCCCCC)[O]C(=O)C=CCCCCCCCCCCC. The van der Waals surface area contributed by atoms with Crippen LogP contribution < -0.4 is 0 Å². The summed E-state index contributed by atoms with van der Waals surface area (Å²) in [4.78, 5) is 37.5. The Morgan fingerprint density at radius 1 is 0.347 bits per heavy atom. The van der Waals surface area contributed by atoms with Gasteiger partial charge in [0.25, 0.3) is 0 Å². The van der Waals surface area contributed by atoms with Gasteiger partial charge in [-0.25, -0.2) is 0 Å². The van der Waals surface area contributed by atoms with Crippen LogP contribution in [0.5, 0.6) is 0 Å². The molecule has 0 aliphatic carbocycles. The second kappa shape index (κ2) is 39.1. The molecule has 0 amide bonds. The fourth-order valence-electron chi connectivity index (χ4n) is 5.73. The summed E-state index contributed by atoms with van der Waals surface area (Å²) in [6, 6.07) is 0. The number of unbranched alkanes of at least 4 members (excludes halogenated alkanes) is 27. The van der Waals surface area contributed by atoms with E-state index in [0.717, 1.165) is 57.8 Å². The van der Waals surface area contributed by atoms with Crippen LogP contribution in [0.15, 0.2) is 36.5 Å². The van der Waals surface area contributed by atoms with Crippen molar-refractivity contribution in [3.05, 3.63) is 36.5 Å². The van der Waals surface area contributed by atoms with Crippen LogP contribution >= 0.6 is 0 Å². The summed E-state index contributed by atoms with van der Waals surface area (Å²) in [6.07, 6.45) is 45.4. The Labute approximate surface area is 308 Å². The van der Waals surface area contributed by atoms with E-state index >= 15 is 0 Å². The molecule has 0 bridgehead atoms. The normalized spacial score (nSPS) is 11.6. The Morgan fingerprint density at radius 2 is 0.551 bits per heavy atom. The smallest absolute Gasteiger partial charge is 0.0654 e. The monoisotopic (exact) mass is 744 g/mol. The molecule has 7 heteroatoms. The topological polar surface area (TPSA) is 78.9 Å². The third kappa shape index (κ3) is 37.4. The van der Waals surface area contributed by atoms with Gasteiger partial charge >= 0.3 is 251 Å². The Bertz CT molecular complexity index is 743. The van der Waals surface area contributed by atoms with Gasteiger partial charge in [0, 0.05) is 0 Å². The van der Waals surface area contributed by atoms with E-state index in [0.29, 0.717) is 0 Å². The zero-order valence-corrected chi connectivity index (χ0v) is 34.6. The molecule has 0 saturated carbocycles. The van der Waals surface area contributed by atoms with Crippen LogP contribution in [0.25, 0.3) is 0 Å². The molecule has 0 aliphatic rings. The standard InChI is InChI=1S/3C14H26O2.Ga/c3*1-2-3-4-5-6-7-8-9-10-11-12-13-14(15)16;/h3*12-13H,2-11H2,1H3,(H,15,16);/q;;;+3/p-3. The Kier molecular flexibility index (Phi) is 37.7. The Morgan fingerprint density at radius 3 is 0.776 bits per heavy atom. The van der Waals surface area contributed by atoms with Crippen LogP contribution in [-0.2, 0) is 25.0 Å². The van der Waals surface area contributed by atoms with Gasteiger partial charge in [-0.15, -0.1) is 0 Å². The second-order valence-corrected chi connectivity index (χ2v) is 16.4. The van der Waals surface area contributed by atoms with Gasteiger partial charge in [0.1, 0.15) is 0 Å². The molecule has 0 unspecified atom stereocenters. The third-order valence-electron chi connectivity index (χ3n) is 8.82. The van der Waals surface area contributed by atoms with Crippen molar-refractivity contribution in [1.29, 1.82) is 0 Å². The van der Waals surface area contributed by atoms with E-state index in [2.05, 4.69) is 20.8 Å². The van der Waals surface area contributed by atoms with Crippen LogP contribution in [-0.4, -0.2) is 35.2 Å². The minimum atomic E-state index is -3.94. The third-order valence-corrected chi connectivity index (χ3v) is 11.5. The molecule has 49 heavy (non-hydrogen) atoms. The van der Waals surface area contributed by atoms with Gasteiger partial charge in [0.15, 0.2) is 0 Å². The van der Waals surface area contributed by atoms with E-state index in [-0.39, 0.29) is 0 Å². The molecule has 0 spiro atoms. The molecular weight excluding hydrogens is 670 g/mol. The van der Waals surface area contributed by atoms with E-state index in [9.17, 15) is 14.4 Å². The first-order valence-electron chi connectivity index (χ1n) is 20.6. The molecule has 0 aliphatic heterocycles. The van der Waals surface area contributed by atoms with E-state index in [1.807, 2.05) is 0 Å². The average Bonchev–Trinajstić information content (AvgIpc) is 3.08. The molecule has 0 saturated heterocycles. The van der Waals surface area contributed by atoms with Crippen LogP contribution in [0.1, 0.15) is 213 Å². The molecule has 0 aromatic carbocycles. The van der Waals surface area contributed by atoms with Gasteiger partial charge in [-0.1, -0.05) is 59.3 Å². The number of hydrogen-bond donors (Lipinski definition) is 0. The fraction of sp³-hybridized carbons (Fsp3) is 0.786. The maximum atomic E-state index is 12.5. The Balaban J connectivity index is 4.58. The zero-order valence-electron chi connectivity index (χ0n) is 32.2. The summed E-state index contributed by atoms with van der Waals surface area (Å²) >= 11 is -3.94. The van der Waals surface area contributed by atoms with Crippen molar-refractivity contribution >= 4 is 35.2 Å². The summed E-state index contributed by atoms with van der Waals surface area (Å²) in [6.45, 7) is 6.71. The van der Waals surface area contributed by atoms with Crippen molar-refractivity contribution in [3.63, 3.8) is 0 Å². The first kappa shape index (κ1) is 47.3. The second-order valence-electron chi connectivity index (χ2n) is 13.7. The summed E-state index contributed by atoms with van der Waals surface area (Å²) in [7, 11) is 0.